The van der Waals surface area contributed by atoms with Gasteiger partial charge in [-0.15, -0.1) is 0 Å². The van der Waals surface area contributed by atoms with Gasteiger partial charge >= 0.3 is 6.18 Å². The van der Waals surface area contributed by atoms with Gasteiger partial charge in [0.25, 0.3) is 11.8 Å². The Morgan fingerprint density at radius 1 is 1.02 bits per heavy atom. The first-order valence-electron chi connectivity index (χ1n) is 15.9. The van der Waals surface area contributed by atoms with Gasteiger partial charge in [0.05, 0.1) is 31.0 Å². The molecule has 3 heterocycles. The molecule has 2 aromatic carbocycles. The first-order valence-corrected chi connectivity index (χ1v) is 15.9. The number of aromatic nitrogens is 3. The maximum Gasteiger partial charge on any atom is 0.419 e. The molecule has 0 bridgehead atoms. The van der Waals surface area contributed by atoms with Gasteiger partial charge in [0.2, 0.25) is 0 Å². The fourth-order valence-corrected chi connectivity index (χ4v) is 6.37. The van der Waals surface area contributed by atoms with Crippen LogP contribution in [0.1, 0.15) is 84.5 Å². The molecule has 258 valence electrons. The van der Waals surface area contributed by atoms with E-state index < -0.39 is 53.4 Å². The SMILES string of the molecule is Cc1c(C(=O)CCCN2CCOCC2)ccc2c1CC[C@@H]2NC(=O)c1cc(C(=O)NCc2ccc(F)c(C(F)(F)F)c2)nc2c(F)cnn12. The van der Waals surface area contributed by atoms with Crippen molar-refractivity contribution in [3.8, 4) is 0 Å². The van der Waals surface area contributed by atoms with E-state index in [9.17, 15) is 36.3 Å². The van der Waals surface area contributed by atoms with Crippen LogP contribution in [0.15, 0.2) is 42.6 Å². The van der Waals surface area contributed by atoms with E-state index in [0.29, 0.717) is 50.2 Å². The molecule has 0 saturated carbocycles. The van der Waals surface area contributed by atoms with Crippen molar-refractivity contribution in [2.24, 2.45) is 0 Å². The summed E-state index contributed by atoms with van der Waals surface area (Å²) in [5.41, 5.74) is 0.849. The Morgan fingerprint density at radius 3 is 2.55 bits per heavy atom. The first-order chi connectivity index (χ1) is 23.4. The van der Waals surface area contributed by atoms with Gasteiger partial charge in [0, 0.05) is 37.7 Å². The zero-order valence-electron chi connectivity index (χ0n) is 26.5. The van der Waals surface area contributed by atoms with Crippen LogP contribution in [0.3, 0.4) is 0 Å². The zero-order valence-corrected chi connectivity index (χ0v) is 26.5. The van der Waals surface area contributed by atoms with Crippen molar-refractivity contribution in [2.45, 2.75) is 51.4 Å². The summed E-state index contributed by atoms with van der Waals surface area (Å²) in [4.78, 5) is 46.0. The lowest BCUT2D eigenvalue weighted by Gasteiger charge is -2.26. The molecule has 0 unspecified atom stereocenters. The molecule has 15 heteroatoms. The van der Waals surface area contributed by atoms with E-state index in [1.165, 1.54) is 0 Å². The number of ether oxygens (including phenoxy) is 1. The second-order valence-electron chi connectivity index (χ2n) is 12.1. The molecule has 2 N–H and O–H groups in total. The molecule has 49 heavy (non-hydrogen) atoms. The Labute approximate surface area is 277 Å². The van der Waals surface area contributed by atoms with Gasteiger partial charge in [-0.3, -0.25) is 19.3 Å². The number of hydrogen-bond donors (Lipinski definition) is 2. The molecule has 1 fully saturated rings. The van der Waals surface area contributed by atoms with Crippen LogP contribution in [0.25, 0.3) is 5.65 Å². The third kappa shape index (κ3) is 7.32. The van der Waals surface area contributed by atoms with Gasteiger partial charge < -0.3 is 15.4 Å². The number of benzene rings is 2. The maximum atomic E-state index is 14.6. The van der Waals surface area contributed by atoms with Crippen molar-refractivity contribution < 1.29 is 41.1 Å². The van der Waals surface area contributed by atoms with Crippen molar-refractivity contribution in [1.29, 1.82) is 0 Å². The van der Waals surface area contributed by atoms with Crippen molar-refractivity contribution in [1.82, 2.24) is 30.1 Å². The van der Waals surface area contributed by atoms with Crippen molar-refractivity contribution in [2.75, 3.05) is 32.8 Å². The smallest absolute Gasteiger partial charge is 0.379 e. The van der Waals surface area contributed by atoms with Crippen molar-refractivity contribution in [3.05, 3.63) is 99.0 Å². The molecule has 4 aromatic rings. The van der Waals surface area contributed by atoms with Crippen molar-refractivity contribution in [3.63, 3.8) is 0 Å². The Bertz CT molecular complexity index is 1920. The third-order valence-electron chi connectivity index (χ3n) is 8.96. The van der Waals surface area contributed by atoms with E-state index in [-0.39, 0.29) is 22.7 Å². The summed E-state index contributed by atoms with van der Waals surface area (Å²) in [7, 11) is 0. The number of morpholine rings is 1. The summed E-state index contributed by atoms with van der Waals surface area (Å²) in [6.07, 6.45) is -1.76. The van der Waals surface area contributed by atoms with E-state index in [4.69, 9.17) is 4.74 Å². The molecule has 1 saturated heterocycles. The van der Waals surface area contributed by atoms with E-state index in [1.807, 2.05) is 13.0 Å². The molecule has 1 aliphatic heterocycles. The fraction of sp³-hybridized carbons (Fsp3) is 0.382. The number of nitrogens with one attached hydrogen (secondary N) is 2. The van der Waals surface area contributed by atoms with Crippen LogP contribution in [0.5, 0.6) is 0 Å². The predicted molar refractivity (Wildman–Crippen MR) is 166 cm³/mol. The number of fused-ring (bicyclic) bond motifs is 2. The van der Waals surface area contributed by atoms with Crippen LogP contribution in [0, 0.1) is 18.6 Å². The van der Waals surface area contributed by atoms with E-state index in [0.717, 1.165) is 65.6 Å². The van der Waals surface area contributed by atoms with Gasteiger partial charge in [-0.25, -0.2) is 18.3 Å². The Morgan fingerprint density at radius 2 is 1.80 bits per heavy atom. The average molecular weight is 685 g/mol. The molecule has 2 amide bonds. The van der Waals surface area contributed by atoms with Crippen molar-refractivity contribution >= 4 is 23.2 Å². The number of halogens is 5. The largest absolute Gasteiger partial charge is 0.419 e. The monoisotopic (exact) mass is 684 g/mol. The molecule has 6 rings (SSSR count). The second-order valence-corrected chi connectivity index (χ2v) is 12.1. The average Bonchev–Trinajstić information content (AvgIpc) is 3.67. The summed E-state index contributed by atoms with van der Waals surface area (Å²) >= 11 is 0. The van der Waals surface area contributed by atoms with Crippen LogP contribution in [0.2, 0.25) is 0 Å². The van der Waals surface area contributed by atoms with E-state index >= 15 is 0 Å². The summed E-state index contributed by atoms with van der Waals surface area (Å²) in [5, 5.41) is 9.20. The van der Waals surface area contributed by atoms with Crippen LogP contribution in [-0.4, -0.2) is 69.9 Å². The molecule has 1 atom stereocenters. The number of ketones is 1. The van der Waals surface area contributed by atoms with Crippen LogP contribution in [0.4, 0.5) is 22.0 Å². The minimum atomic E-state index is -4.93. The first kappa shape index (κ1) is 34.1. The lowest BCUT2D eigenvalue weighted by Crippen LogP contribution is -2.36. The fourth-order valence-electron chi connectivity index (χ4n) is 6.37. The second kappa shape index (κ2) is 14.0. The highest BCUT2D eigenvalue weighted by Gasteiger charge is 2.34. The predicted octanol–water partition coefficient (Wildman–Crippen LogP) is 4.98. The molecule has 2 aliphatic rings. The Balaban J connectivity index is 1.15. The highest BCUT2D eigenvalue weighted by Crippen LogP contribution is 2.35. The van der Waals surface area contributed by atoms with Gasteiger partial charge in [-0.2, -0.15) is 18.3 Å². The molecule has 2 aromatic heterocycles. The number of carbonyl (C=O) groups is 3. The summed E-state index contributed by atoms with van der Waals surface area (Å²) in [6.45, 7) is 5.44. The number of Topliss-reactive ketones (excluding diaryl/α,β-unsaturated/α-hetero) is 1. The number of alkyl halides is 3. The molecule has 0 spiro atoms. The molecule has 1 aliphatic carbocycles. The van der Waals surface area contributed by atoms with Crippen LogP contribution < -0.4 is 10.6 Å². The number of carbonyl (C=O) groups excluding carboxylic acids is 3. The lowest BCUT2D eigenvalue weighted by atomic mass is 9.94. The van der Waals surface area contributed by atoms with Crippen LogP contribution >= 0.6 is 0 Å². The number of hydrogen-bond acceptors (Lipinski definition) is 7. The Hall–Kier alpha value is -4.76. The molecule has 0 radical (unpaired) electrons. The topological polar surface area (TPSA) is 118 Å². The molecular formula is C34H33F5N6O4. The summed E-state index contributed by atoms with van der Waals surface area (Å²) < 4.78 is 74.0. The maximum absolute atomic E-state index is 14.6. The summed E-state index contributed by atoms with van der Waals surface area (Å²) in [5.74, 6) is -3.87. The summed E-state index contributed by atoms with van der Waals surface area (Å²) in [6, 6.07) is 6.60. The lowest BCUT2D eigenvalue weighted by molar-refractivity contribution is -0.140. The number of nitrogens with zero attached hydrogens (tertiary/aromatic N) is 4. The molecule has 10 nitrogen and oxygen atoms in total. The van der Waals surface area contributed by atoms with E-state index in [1.54, 1.807) is 6.07 Å². The van der Waals surface area contributed by atoms with Gasteiger partial charge in [-0.05, 0) is 67.1 Å². The van der Waals surface area contributed by atoms with Crippen LogP contribution in [-0.2, 0) is 23.9 Å². The quantitative estimate of drug-likeness (QED) is 0.179. The number of amides is 2. The zero-order chi connectivity index (χ0) is 34.9. The van der Waals surface area contributed by atoms with Gasteiger partial charge in [0.15, 0.2) is 17.2 Å². The highest BCUT2D eigenvalue weighted by atomic mass is 19.4. The van der Waals surface area contributed by atoms with Gasteiger partial charge in [0.1, 0.15) is 17.2 Å². The third-order valence-corrected chi connectivity index (χ3v) is 8.96. The highest BCUT2D eigenvalue weighted by molar-refractivity contribution is 5.99. The Kier molecular flexibility index (Phi) is 9.75. The number of rotatable bonds is 10. The minimum Gasteiger partial charge on any atom is -0.379 e. The molecular weight excluding hydrogens is 651 g/mol. The van der Waals surface area contributed by atoms with E-state index in [2.05, 4.69) is 25.6 Å². The normalized spacial score (nSPS) is 16.5. The minimum absolute atomic E-state index is 0.0373. The van der Waals surface area contributed by atoms with Gasteiger partial charge in [-0.1, -0.05) is 18.2 Å². The standard InChI is InChI=1S/C34H33F5N6O4/c1-19-21-7-9-27(23(21)6-5-22(19)30(46)3-2-10-44-11-13-49-14-12-44)43-33(48)29-16-28(42-31-26(36)18-41-45(29)31)32(47)40-17-20-4-8-25(35)24(15-20)34(37,38)39/h4-6,8,15-16,18,27H,2-3,7,9-14,17H2,1H3,(H,40,47)(H,43,48)/t27-/m0/s1.